The number of rotatable bonds is 5. The summed E-state index contributed by atoms with van der Waals surface area (Å²) in [6.07, 6.45) is 3.36. The van der Waals surface area contributed by atoms with Crippen molar-refractivity contribution in [2.45, 2.75) is 25.6 Å². The van der Waals surface area contributed by atoms with Crippen molar-refractivity contribution in [2.24, 2.45) is 0 Å². The average molecular weight is 342 g/mol. The number of nitrogens with zero attached hydrogens (tertiary/aromatic N) is 3. The number of ether oxygens (including phenoxy) is 1. The van der Waals surface area contributed by atoms with Crippen LogP contribution in [0.4, 0.5) is 11.5 Å². The maximum Gasteiger partial charge on any atom is 0.137 e. The molecule has 0 spiro atoms. The fraction of sp³-hybridized carbons (Fsp3) is 0.190. The third-order valence-electron chi connectivity index (χ3n) is 4.51. The standard InChI is InChI=1S/C21H18N4O/c22-12-15-6-8-17(9-7-15)25-21-18-10-11-19(20(18)23-14-24-21)26-13-16-4-2-1-3-5-16/h1-9,14,19H,10-11,13H2,(H,23,24,25). The van der Waals surface area contributed by atoms with E-state index in [2.05, 4.69) is 33.5 Å². The largest absolute Gasteiger partial charge is 0.367 e. The topological polar surface area (TPSA) is 70.8 Å². The molecule has 1 aliphatic rings. The first-order chi connectivity index (χ1) is 12.8. The van der Waals surface area contributed by atoms with Gasteiger partial charge in [-0.2, -0.15) is 5.26 Å². The Balaban J connectivity index is 1.49. The third-order valence-corrected chi connectivity index (χ3v) is 4.51. The monoisotopic (exact) mass is 342 g/mol. The van der Waals surface area contributed by atoms with Gasteiger partial charge >= 0.3 is 0 Å². The molecule has 1 atom stereocenters. The number of fused-ring (bicyclic) bond motifs is 1. The predicted octanol–water partition coefficient (Wildman–Crippen LogP) is 4.30. The molecule has 5 nitrogen and oxygen atoms in total. The Hall–Kier alpha value is -3.23. The van der Waals surface area contributed by atoms with Crippen LogP contribution in [0.3, 0.4) is 0 Å². The van der Waals surface area contributed by atoms with Crippen molar-refractivity contribution >= 4 is 11.5 Å². The van der Waals surface area contributed by atoms with Crippen LogP contribution >= 0.6 is 0 Å². The average Bonchev–Trinajstić information content (AvgIpc) is 3.12. The number of aromatic nitrogens is 2. The molecule has 1 N–H and O–H groups in total. The summed E-state index contributed by atoms with van der Waals surface area (Å²) in [4.78, 5) is 8.86. The molecular formula is C21H18N4O. The van der Waals surface area contributed by atoms with Gasteiger partial charge in [0.2, 0.25) is 0 Å². The Morgan fingerprint density at radius 2 is 1.88 bits per heavy atom. The zero-order valence-corrected chi connectivity index (χ0v) is 14.2. The van der Waals surface area contributed by atoms with Crippen LogP contribution < -0.4 is 5.32 Å². The van der Waals surface area contributed by atoms with Crippen LogP contribution in [0, 0.1) is 11.3 Å². The van der Waals surface area contributed by atoms with Gasteiger partial charge in [-0.1, -0.05) is 30.3 Å². The SMILES string of the molecule is N#Cc1ccc(Nc2ncnc3c2CCC3OCc2ccccc2)cc1. The van der Waals surface area contributed by atoms with Crippen molar-refractivity contribution in [3.8, 4) is 6.07 Å². The molecule has 0 amide bonds. The fourth-order valence-electron chi connectivity index (χ4n) is 3.17. The van der Waals surface area contributed by atoms with Gasteiger partial charge in [-0.15, -0.1) is 0 Å². The van der Waals surface area contributed by atoms with Crippen LogP contribution in [-0.2, 0) is 17.8 Å². The molecule has 1 unspecified atom stereocenters. The van der Waals surface area contributed by atoms with Gasteiger partial charge in [-0.05, 0) is 42.7 Å². The molecule has 3 aromatic rings. The molecule has 4 rings (SSSR count). The summed E-state index contributed by atoms with van der Waals surface area (Å²) in [5, 5.41) is 12.2. The van der Waals surface area contributed by atoms with Crippen molar-refractivity contribution in [2.75, 3.05) is 5.32 Å². The molecule has 0 bridgehead atoms. The zero-order chi connectivity index (χ0) is 17.8. The van der Waals surface area contributed by atoms with E-state index in [0.717, 1.165) is 41.2 Å². The minimum atomic E-state index is -0.00489. The predicted molar refractivity (Wildman–Crippen MR) is 98.8 cm³/mol. The minimum Gasteiger partial charge on any atom is -0.367 e. The summed E-state index contributed by atoms with van der Waals surface area (Å²) < 4.78 is 6.10. The Kier molecular flexibility index (Phi) is 4.59. The van der Waals surface area contributed by atoms with Gasteiger partial charge in [0, 0.05) is 11.3 Å². The summed E-state index contributed by atoms with van der Waals surface area (Å²) in [7, 11) is 0. The van der Waals surface area contributed by atoms with Crippen molar-refractivity contribution in [3.63, 3.8) is 0 Å². The lowest BCUT2D eigenvalue weighted by Gasteiger charge is -2.13. The number of nitrogens with one attached hydrogen (secondary N) is 1. The number of benzene rings is 2. The Morgan fingerprint density at radius 1 is 1.08 bits per heavy atom. The van der Waals surface area contributed by atoms with E-state index in [0.29, 0.717) is 12.2 Å². The van der Waals surface area contributed by atoms with E-state index in [9.17, 15) is 0 Å². The van der Waals surface area contributed by atoms with Gasteiger partial charge in [-0.3, -0.25) is 0 Å². The summed E-state index contributed by atoms with van der Waals surface area (Å²) in [5.41, 5.74) is 4.77. The highest BCUT2D eigenvalue weighted by atomic mass is 16.5. The summed E-state index contributed by atoms with van der Waals surface area (Å²) in [5.74, 6) is 0.811. The molecule has 26 heavy (non-hydrogen) atoms. The number of anilines is 2. The molecule has 5 heteroatoms. The lowest BCUT2D eigenvalue weighted by molar-refractivity contribution is 0.0385. The number of hydrogen-bond donors (Lipinski definition) is 1. The molecule has 1 aliphatic carbocycles. The molecule has 1 aromatic heterocycles. The smallest absolute Gasteiger partial charge is 0.137 e. The lowest BCUT2D eigenvalue weighted by atomic mass is 10.2. The summed E-state index contributed by atoms with van der Waals surface area (Å²) in [6.45, 7) is 0.577. The molecule has 128 valence electrons. The van der Waals surface area contributed by atoms with Gasteiger partial charge in [0.15, 0.2) is 0 Å². The molecule has 0 aliphatic heterocycles. The van der Waals surface area contributed by atoms with Crippen molar-refractivity contribution in [1.82, 2.24) is 9.97 Å². The summed E-state index contributed by atoms with van der Waals surface area (Å²) in [6, 6.07) is 19.6. The second-order valence-corrected chi connectivity index (χ2v) is 6.22. The van der Waals surface area contributed by atoms with E-state index in [1.807, 2.05) is 30.3 Å². The van der Waals surface area contributed by atoms with Crippen LogP contribution in [0.15, 0.2) is 60.9 Å². The van der Waals surface area contributed by atoms with Crippen LogP contribution in [0.5, 0.6) is 0 Å². The maximum absolute atomic E-state index is 8.90. The van der Waals surface area contributed by atoms with Gasteiger partial charge in [0.25, 0.3) is 0 Å². The van der Waals surface area contributed by atoms with Gasteiger partial charge in [-0.25, -0.2) is 9.97 Å². The number of nitriles is 1. The molecule has 0 saturated carbocycles. The van der Waals surface area contributed by atoms with E-state index in [1.165, 1.54) is 0 Å². The van der Waals surface area contributed by atoms with Gasteiger partial charge in [0.05, 0.1) is 23.9 Å². The highest BCUT2D eigenvalue weighted by molar-refractivity contribution is 5.61. The second-order valence-electron chi connectivity index (χ2n) is 6.22. The molecule has 0 radical (unpaired) electrons. The van der Waals surface area contributed by atoms with Crippen molar-refractivity contribution < 1.29 is 4.74 Å². The highest BCUT2D eigenvalue weighted by Gasteiger charge is 2.27. The molecular weight excluding hydrogens is 324 g/mol. The quantitative estimate of drug-likeness (QED) is 0.749. The fourth-order valence-corrected chi connectivity index (χ4v) is 3.17. The Labute approximate surface area is 152 Å². The van der Waals surface area contributed by atoms with E-state index in [1.54, 1.807) is 18.5 Å². The first-order valence-electron chi connectivity index (χ1n) is 8.60. The molecule has 1 heterocycles. The lowest BCUT2D eigenvalue weighted by Crippen LogP contribution is -2.05. The van der Waals surface area contributed by atoms with E-state index < -0.39 is 0 Å². The van der Waals surface area contributed by atoms with Crippen LogP contribution in [0.1, 0.15) is 34.9 Å². The first-order valence-corrected chi connectivity index (χ1v) is 8.60. The number of hydrogen-bond acceptors (Lipinski definition) is 5. The third kappa shape index (κ3) is 3.41. The van der Waals surface area contributed by atoms with Crippen LogP contribution in [0.2, 0.25) is 0 Å². The molecule has 0 fully saturated rings. The van der Waals surface area contributed by atoms with Crippen molar-refractivity contribution in [3.05, 3.63) is 83.3 Å². The summed E-state index contributed by atoms with van der Waals surface area (Å²) >= 11 is 0. The Morgan fingerprint density at radius 3 is 2.65 bits per heavy atom. The molecule has 2 aromatic carbocycles. The van der Waals surface area contributed by atoms with Crippen LogP contribution in [-0.4, -0.2) is 9.97 Å². The normalized spacial score (nSPS) is 15.3. The Bertz CT molecular complexity index is 932. The zero-order valence-electron chi connectivity index (χ0n) is 14.2. The van der Waals surface area contributed by atoms with E-state index >= 15 is 0 Å². The van der Waals surface area contributed by atoms with E-state index in [4.69, 9.17) is 10.00 Å². The molecule has 0 saturated heterocycles. The highest BCUT2D eigenvalue weighted by Crippen LogP contribution is 2.36. The maximum atomic E-state index is 8.90. The minimum absolute atomic E-state index is 0.00489. The second kappa shape index (κ2) is 7.34. The van der Waals surface area contributed by atoms with Crippen LogP contribution in [0.25, 0.3) is 0 Å². The first kappa shape index (κ1) is 16.2. The van der Waals surface area contributed by atoms with Gasteiger partial charge in [0.1, 0.15) is 18.2 Å². The van der Waals surface area contributed by atoms with E-state index in [-0.39, 0.29) is 6.10 Å². The van der Waals surface area contributed by atoms with Crippen molar-refractivity contribution in [1.29, 1.82) is 5.26 Å². The van der Waals surface area contributed by atoms with Gasteiger partial charge < -0.3 is 10.1 Å².